The normalized spacial score (nSPS) is 13.8. The van der Waals surface area contributed by atoms with E-state index in [1.807, 2.05) is 12.1 Å². The zero-order valence-electron chi connectivity index (χ0n) is 27.6. The van der Waals surface area contributed by atoms with E-state index in [1.54, 1.807) is 72.0 Å². The van der Waals surface area contributed by atoms with Crippen molar-refractivity contribution in [3.05, 3.63) is 119 Å². The number of aromatic nitrogens is 8. The average Bonchev–Trinajstić information content (AvgIpc) is 3.89. The molecule has 8 rings (SSSR count). The Kier molecular flexibility index (Phi) is 9.07. The van der Waals surface area contributed by atoms with Gasteiger partial charge in [0.25, 0.3) is 0 Å². The van der Waals surface area contributed by atoms with Gasteiger partial charge in [-0.05, 0) is 99.2 Å². The van der Waals surface area contributed by atoms with Crippen molar-refractivity contribution < 1.29 is 18.4 Å². The van der Waals surface area contributed by atoms with Gasteiger partial charge >= 0.3 is 0 Å². The number of H-pyrrole nitrogens is 2. The van der Waals surface area contributed by atoms with Crippen LogP contribution < -0.4 is 10.6 Å². The lowest BCUT2D eigenvalue weighted by Crippen LogP contribution is -2.15. The molecular weight excluding hydrogens is 642 g/mol. The zero-order valence-corrected chi connectivity index (χ0v) is 27.6. The van der Waals surface area contributed by atoms with Crippen molar-refractivity contribution in [2.24, 2.45) is 0 Å². The van der Waals surface area contributed by atoms with Crippen molar-refractivity contribution in [2.75, 3.05) is 10.6 Å². The van der Waals surface area contributed by atoms with Crippen LogP contribution in [0.5, 0.6) is 0 Å². The summed E-state index contributed by atoms with van der Waals surface area (Å²) in [6.45, 7) is 3.41. The van der Waals surface area contributed by atoms with Gasteiger partial charge in [-0.25, -0.2) is 18.1 Å². The summed E-state index contributed by atoms with van der Waals surface area (Å²) in [5.74, 6) is 1.37. The summed E-state index contributed by atoms with van der Waals surface area (Å²) in [6, 6.07) is 16.9. The highest BCUT2D eigenvalue weighted by Gasteiger charge is 2.26. The first kappa shape index (κ1) is 32.6. The van der Waals surface area contributed by atoms with Crippen molar-refractivity contribution >= 4 is 23.5 Å². The second kappa shape index (κ2) is 13.9. The van der Waals surface area contributed by atoms with Crippen LogP contribution in [-0.2, 0) is 22.4 Å². The van der Waals surface area contributed by atoms with Crippen LogP contribution in [-0.4, -0.2) is 51.8 Å². The van der Waals surface area contributed by atoms with E-state index in [0.29, 0.717) is 46.0 Å². The Morgan fingerprint density at radius 1 is 0.680 bits per heavy atom. The number of hydrogen-bond acceptors (Lipinski definition) is 6. The molecule has 0 bridgehead atoms. The summed E-state index contributed by atoms with van der Waals surface area (Å²) in [5, 5.41) is 28.5. The number of halogens is 2. The fourth-order valence-electron chi connectivity index (χ4n) is 5.45. The number of carbonyl (C=O) groups excluding carboxylic acids is 2. The van der Waals surface area contributed by atoms with Crippen molar-refractivity contribution in [2.45, 2.75) is 64.2 Å². The van der Waals surface area contributed by atoms with Gasteiger partial charge in [-0.1, -0.05) is 0 Å². The zero-order chi connectivity index (χ0) is 34.8. The monoisotopic (exact) mass is 678 g/mol. The molecule has 0 saturated heterocycles. The van der Waals surface area contributed by atoms with Gasteiger partial charge < -0.3 is 10.6 Å². The predicted molar refractivity (Wildman–Crippen MR) is 182 cm³/mol. The third kappa shape index (κ3) is 8.02. The molecule has 2 fully saturated rings. The van der Waals surface area contributed by atoms with E-state index in [1.165, 1.54) is 37.8 Å². The van der Waals surface area contributed by atoms with Gasteiger partial charge in [0.05, 0.1) is 35.6 Å². The third-order valence-corrected chi connectivity index (χ3v) is 8.55. The standard InChI is InChI=1S/2C18H18FN5O/c2*1-11-8-14(4-5-15(11)19)24-7-6-13(23-24)9-18(25)20-17-10-16(21-22-17)12-2-3-12/h2*4-8,10,12H,2-3,9H2,1H3,(H2,20,21,22,25). The minimum absolute atomic E-state index is 0.152. The number of aromatic amines is 2. The second-order valence-electron chi connectivity index (χ2n) is 12.8. The van der Waals surface area contributed by atoms with Crippen LogP contribution >= 0.6 is 0 Å². The summed E-state index contributed by atoms with van der Waals surface area (Å²) >= 11 is 0. The van der Waals surface area contributed by atoms with Gasteiger partial charge in [-0.3, -0.25) is 19.8 Å². The molecule has 0 unspecified atom stereocenters. The van der Waals surface area contributed by atoms with Crippen LogP contribution in [0.3, 0.4) is 0 Å². The molecular formula is C36H36F2N10O2. The maximum Gasteiger partial charge on any atom is 0.231 e. The highest BCUT2D eigenvalue weighted by atomic mass is 19.1. The molecule has 4 heterocycles. The fourth-order valence-corrected chi connectivity index (χ4v) is 5.45. The quantitative estimate of drug-likeness (QED) is 0.135. The Hall–Kier alpha value is -5.92. The van der Waals surface area contributed by atoms with Crippen LogP contribution in [0.25, 0.3) is 11.4 Å². The first-order valence-electron chi connectivity index (χ1n) is 16.5. The number of rotatable bonds is 10. The van der Waals surface area contributed by atoms with Crippen molar-refractivity contribution in [3.8, 4) is 11.4 Å². The first-order valence-corrected chi connectivity index (χ1v) is 16.5. The maximum absolute atomic E-state index is 13.4. The van der Waals surface area contributed by atoms with E-state index < -0.39 is 0 Å². The molecule has 4 N–H and O–H groups in total. The Bertz CT molecular complexity index is 2000. The van der Waals surface area contributed by atoms with E-state index in [2.05, 4.69) is 41.2 Å². The number of hydrogen-bond donors (Lipinski definition) is 4. The fraction of sp³-hybridized carbons (Fsp3) is 0.278. The molecule has 2 aromatic carbocycles. The van der Waals surface area contributed by atoms with Gasteiger partial charge in [-0.15, -0.1) is 0 Å². The highest BCUT2D eigenvalue weighted by Crippen LogP contribution is 2.40. The van der Waals surface area contributed by atoms with Gasteiger partial charge in [0.1, 0.15) is 11.6 Å². The molecule has 14 heteroatoms. The van der Waals surface area contributed by atoms with Gasteiger partial charge in [0, 0.05) is 47.8 Å². The number of anilines is 2. The number of aryl methyl sites for hydroxylation is 2. The van der Waals surface area contributed by atoms with E-state index >= 15 is 0 Å². The molecule has 6 aromatic rings. The van der Waals surface area contributed by atoms with Gasteiger partial charge in [0.15, 0.2) is 11.6 Å². The molecule has 2 aliphatic rings. The molecule has 0 radical (unpaired) electrons. The molecule has 2 saturated carbocycles. The second-order valence-corrected chi connectivity index (χ2v) is 12.8. The van der Waals surface area contributed by atoms with Gasteiger partial charge in [0.2, 0.25) is 11.8 Å². The Labute approximate surface area is 286 Å². The predicted octanol–water partition coefficient (Wildman–Crippen LogP) is 6.20. The molecule has 0 aliphatic heterocycles. The molecule has 0 atom stereocenters. The topological polar surface area (TPSA) is 151 Å². The lowest BCUT2D eigenvalue weighted by atomic mass is 10.2. The number of amides is 2. The van der Waals surface area contributed by atoms with Crippen LogP contribution in [0, 0.1) is 25.5 Å². The summed E-state index contributed by atoms with van der Waals surface area (Å²) in [4.78, 5) is 24.3. The molecule has 2 aliphatic carbocycles. The molecule has 50 heavy (non-hydrogen) atoms. The average molecular weight is 679 g/mol. The number of nitrogens with one attached hydrogen (secondary N) is 4. The van der Waals surface area contributed by atoms with E-state index in [0.717, 1.165) is 22.8 Å². The van der Waals surface area contributed by atoms with Crippen molar-refractivity contribution in [1.82, 2.24) is 40.0 Å². The number of carbonyl (C=O) groups is 2. The lowest BCUT2D eigenvalue weighted by molar-refractivity contribution is -0.116. The van der Waals surface area contributed by atoms with E-state index in [9.17, 15) is 18.4 Å². The SMILES string of the molecule is Cc1cc(-n2ccc(CC(=O)Nc3cc(C4CC4)[nH]n3)n2)ccc1F.Cc1cc(-n2ccc(CC(=O)Nc3cc(C4CC4)[nH]n3)n2)ccc1F. The smallest absolute Gasteiger partial charge is 0.231 e. The summed E-state index contributed by atoms with van der Waals surface area (Å²) < 4.78 is 30.0. The Morgan fingerprint density at radius 3 is 1.48 bits per heavy atom. The van der Waals surface area contributed by atoms with Crippen LogP contribution in [0.15, 0.2) is 73.1 Å². The summed E-state index contributed by atoms with van der Waals surface area (Å²) in [6.07, 6.45) is 8.53. The van der Waals surface area contributed by atoms with Gasteiger partial charge in [-0.2, -0.15) is 20.4 Å². The first-order chi connectivity index (χ1) is 24.2. The molecule has 4 aromatic heterocycles. The largest absolute Gasteiger partial charge is 0.309 e. The number of nitrogens with zero attached hydrogens (tertiary/aromatic N) is 6. The molecule has 256 valence electrons. The maximum atomic E-state index is 13.4. The lowest BCUT2D eigenvalue weighted by Gasteiger charge is -2.03. The van der Waals surface area contributed by atoms with Crippen LogP contribution in [0.4, 0.5) is 20.4 Å². The molecule has 0 spiro atoms. The van der Waals surface area contributed by atoms with Crippen molar-refractivity contribution in [3.63, 3.8) is 0 Å². The third-order valence-electron chi connectivity index (χ3n) is 8.55. The highest BCUT2D eigenvalue weighted by molar-refractivity contribution is 5.91. The van der Waals surface area contributed by atoms with E-state index in [4.69, 9.17) is 0 Å². The van der Waals surface area contributed by atoms with E-state index in [-0.39, 0.29) is 36.3 Å². The number of benzene rings is 2. The van der Waals surface area contributed by atoms with Crippen molar-refractivity contribution in [1.29, 1.82) is 0 Å². The summed E-state index contributed by atoms with van der Waals surface area (Å²) in [7, 11) is 0. The molecule has 2 amide bonds. The van der Waals surface area contributed by atoms with Crippen LogP contribution in [0.2, 0.25) is 0 Å². The minimum Gasteiger partial charge on any atom is -0.309 e. The Morgan fingerprint density at radius 2 is 1.10 bits per heavy atom. The minimum atomic E-state index is -0.250. The summed E-state index contributed by atoms with van der Waals surface area (Å²) in [5.41, 5.74) is 6.04. The molecule has 12 nitrogen and oxygen atoms in total. The Balaban J connectivity index is 0.000000157. The van der Waals surface area contributed by atoms with Crippen LogP contribution in [0.1, 0.15) is 71.4 Å².